The van der Waals surface area contributed by atoms with E-state index in [1.54, 1.807) is 13.8 Å². The van der Waals surface area contributed by atoms with Crippen LogP contribution in [0.25, 0.3) is 0 Å². The van der Waals surface area contributed by atoms with E-state index in [9.17, 15) is 25.0 Å². The van der Waals surface area contributed by atoms with Crippen molar-refractivity contribution in [3.05, 3.63) is 73.3 Å². The molecule has 0 heterocycles. The fraction of sp³-hybridized carbons (Fsp3) is 0.133. The zero-order valence-corrected chi connectivity index (χ0v) is 12.4. The summed E-state index contributed by atoms with van der Waals surface area (Å²) < 4.78 is 0. The van der Waals surface area contributed by atoms with Gasteiger partial charge in [0.15, 0.2) is 0 Å². The van der Waals surface area contributed by atoms with Crippen molar-refractivity contribution in [3.8, 4) is 0 Å². The summed E-state index contributed by atoms with van der Waals surface area (Å²) in [6.07, 6.45) is 0. The molecule has 0 aromatic heterocycles. The van der Waals surface area contributed by atoms with Gasteiger partial charge in [0.1, 0.15) is 0 Å². The summed E-state index contributed by atoms with van der Waals surface area (Å²) >= 11 is 0. The Morgan fingerprint density at radius 1 is 0.957 bits per heavy atom. The van der Waals surface area contributed by atoms with E-state index in [0.717, 1.165) is 0 Å². The highest BCUT2D eigenvalue weighted by molar-refractivity contribution is 6.05. The molecule has 23 heavy (non-hydrogen) atoms. The van der Waals surface area contributed by atoms with Crippen LogP contribution in [0.4, 0.5) is 17.1 Å². The van der Waals surface area contributed by atoms with Crippen LogP contribution in [0.15, 0.2) is 36.4 Å². The molecule has 2 aromatic carbocycles. The Morgan fingerprint density at radius 3 is 2.17 bits per heavy atom. The molecule has 2 rings (SSSR count). The number of nitrogens with zero attached hydrogens (tertiary/aromatic N) is 2. The second-order valence-corrected chi connectivity index (χ2v) is 4.97. The molecule has 0 saturated heterocycles. The number of carbonyl (C=O) groups excluding carboxylic acids is 1. The summed E-state index contributed by atoms with van der Waals surface area (Å²) in [5.41, 5.74) is 1.51. The first kappa shape index (κ1) is 16.1. The molecule has 2 aromatic rings. The first-order chi connectivity index (χ1) is 10.8. The summed E-state index contributed by atoms with van der Waals surface area (Å²) in [5.74, 6) is -0.444. The van der Waals surface area contributed by atoms with Gasteiger partial charge >= 0.3 is 0 Å². The highest BCUT2D eigenvalue weighted by Crippen LogP contribution is 2.23. The number of non-ortho nitro benzene ring substituents is 1. The molecule has 1 N–H and O–H groups in total. The zero-order chi connectivity index (χ0) is 17.1. The van der Waals surface area contributed by atoms with Crippen molar-refractivity contribution >= 4 is 23.0 Å². The van der Waals surface area contributed by atoms with Crippen LogP contribution >= 0.6 is 0 Å². The van der Waals surface area contributed by atoms with E-state index in [0.29, 0.717) is 16.8 Å². The third kappa shape index (κ3) is 3.49. The number of hydrogen-bond donors (Lipinski definition) is 1. The molecule has 0 saturated carbocycles. The van der Waals surface area contributed by atoms with Gasteiger partial charge in [-0.15, -0.1) is 0 Å². The zero-order valence-electron chi connectivity index (χ0n) is 12.4. The molecular weight excluding hydrogens is 302 g/mol. The van der Waals surface area contributed by atoms with E-state index in [1.807, 2.05) is 0 Å². The highest BCUT2D eigenvalue weighted by atomic mass is 16.6. The van der Waals surface area contributed by atoms with Crippen molar-refractivity contribution in [2.45, 2.75) is 13.8 Å². The second kappa shape index (κ2) is 6.22. The van der Waals surface area contributed by atoms with Crippen LogP contribution in [0.2, 0.25) is 0 Å². The van der Waals surface area contributed by atoms with E-state index in [-0.39, 0.29) is 16.9 Å². The maximum Gasteiger partial charge on any atom is 0.272 e. The third-order valence-corrected chi connectivity index (χ3v) is 3.32. The standard InChI is InChI=1S/C15H13N3O5/c1-9-8-12(17(20)21)4-5-13(9)16-15(19)11-3-6-14(18(22)23)10(2)7-11/h3-8H,1-2H3,(H,16,19). The smallest absolute Gasteiger partial charge is 0.272 e. The molecule has 0 bridgehead atoms. The van der Waals surface area contributed by atoms with Crippen LogP contribution in [0.1, 0.15) is 21.5 Å². The molecule has 8 nitrogen and oxygen atoms in total. The topological polar surface area (TPSA) is 115 Å². The minimum atomic E-state index is -0.516. The van der Waals surface area contributed by atoms with Gasteiger partial charge < -0.3 is 5.32 Å². The van der Waals surface area contributed by atoms with E-state index >= 15 is 0 Å². The maximum absolute atomic E-state index is 12.2. The highest BCUT2D eigenvalue weighted by Gasteiger charge is 2.15. The van der Waals surface area contributed by atoms with Crippen molar-refractivity contribution < 1.29 is 14.6 Å². The average Bonchev–Trinajstić information content (AvgIpc) is 2.48. The Labute approximate surface area is 131 Å². The number of nitro benzene ring substituents is 2. The van der Waals surface area contributed by atoms with Crippen molar-refractivity contribution in [2.24, 2.45) is 0 Å². The lowest BCUT2D eigenvalue weighted by Gasteiger charge is -2.09. The molecule has 0 spiro atoms. The number of nitrogens with one attached hydrogen (secondary N) is 1. The first-order valence-corrected chi connectivity index (χ1v) is 6.61. The average molecular weight is 315 g/mol. The predicted molar refractivity (Wildman–Crippen MR) is 83.6 cm³/mol. The summed E-state index contributed by atoms with van der Waals surface area (Å²) in [4.78, 5) is 32.6. The molecule has 0 aliphatic rings. The number of aryl methyl sites for hydroxylation is 2. The van der Waals surface area contributed by atoms with Crippen molar-refractivity contribution in [1.29, 1.82) is 0 Å². The Hall–Kier alpha value is -3.29. The quantitative estimate of drug-likeness (QED) is 0.686. The van der Waals surface area contributed by atoms with Gasteiger partial charge in [-0.2, -0.15) is 0 Å². The molecule has 0 unspecified atom stereocenters. The number of amides is 1. The van der Waals surface area contributed by atoms with Gasteiger partial charge in [0, 0.05) is 35.0 Å². The minimum absolute atomic E-state index is 0.0620. The van der Waals surface area contributed by atoms with Gasteiger partial charge in [-0.05, 0) is 37.6 Å². The van der Waals surface area contributed by atoms with Crippen LogP contribution in [-0.2, 0) is 0 Å². The summed E-state index contributed by atoms with van der Waals surface area (Å²) in [7, 11) is 0. The van der Waals surface area contributed by atoms with Gasteiger partial charge in [-0.3, -0.25) is 25.0 Å². The molecule has 0 aliphatic heterocycles. The van der Waals surface area contributed by atoms with E-state index < -0.39 is 15.8 Å². The third-order valence-electron chi connectivity index (χ3n) is 3.32. The Balaban J connectivity index is 2.24. The largest absolute Gasteiger partial charge is 0.322 e. The van der Waals surface area contributed by atoms with Gasteiger partial charge in [-0.1, -0.05) is 0 Å². The molecule has 0 radical (unpaired) electrons. The van der Waals surface area contributed by atoms with Crippen LogP contribution in [0, 0.1) is 34.1 Å². The normalized spacial score (nSPS) is 10.2. The predicted octanol–water partition coefficient (Wildman–Crippen LogP) is 3.37. The van der Waals surface area contributed by atoms with E-state index in [1.165, 1.54) is 36.4 Å². The van der Waals surface area contributed by atoms with Crippen molar-refractivity contribution in [2.75, 3.05) is 5.32 Å². The molecule has 0 aliphatic carbocycles. The van der Waals surface area contributed by atoms with Crippen LogP contribution in [-0.4, -0.2) is 15.8 Å². The summed E-state index contributed by atoms with van der Waals surface area (Å²) in [6.45, 7) is 3.19. The number of benzene rings is 2. The Morgan fingerprint density at radius 2 is 1.65 bits per heavy atom. The van der Waals surface area contributed by atoms with Gasteiger partial charge in [-0.25, -0.2) is 0 Å². The first-order valence-electron chi connectivity index (χ1n) is 6.61. The van der Waals surface area contributed by atoms with E-state index in [4.69, 9.17) is 0 Å². The van der Waals surface area contributed by atoms with Crippen molar-refractivity contribution in [1.82, 2.24) is 0 Å². The SMILES string of the molecule is Cc1cc([N+](=O)[O-])ccc1NC(=O)c1ccc([N+](=O)[O-])c(C)c1. The summed E-state index contributed by atoms with van der Waals surface area (Å²) in [6, 6.07) is 8.16. The maximum atomic E-state index is 12.2. The fourth-order valence-corrected chi connectivity index (χ4v) is 2.10. The van der Waals surface area contributed by atoms with Gasteiger partial charge in [0.05, 0.1) is 9.85 Å². The fourth-order valence-electron chi connectivity index (χ4n) is 2.10. The van der Waals surface area contributed by atoms with Crippen LogP contribution in [0.3, 0.4) is 0 Å². The lowest BCUT2D eigenvalue weighted by atomic mass is 10.1. The number of nitro groups is 2. The molecule has 1 amide bonds. The van der Waals surface area contributed by atoms with Crippen LogP contribution in [0.5, 0.6) is 0 Å². The monoisotopic (exact) mass is 315 g/mol. The molecular formula is C15H13N3O5. The van der Waals surface area contributed by atoms with Crippen molar-refractivity contribution in [3.63, 3.8) is 0 Å². The van der Waals surface area contributed by atoms with Crippen LogP contribution < -0.4 is 5.32 Å². The lowest BCUT2D eigenvalue weighted by molar-refractivity contribution is -0.385. The minimum Gasteiger partial charge on any atom is -0.322 e. The molecule has 0 fully saturated rings. The number of rotatable bonds is 4. The Kier molecular flexibility index (Phi) is 4.35. The molecule has 0 atom stereocenters. The Bertz CT molecular complexity index is 817. The molecule has 118 valence electrons. The van der Waals surface area contributed by atoms with Gasteiger partial charge in [0.2, 0.25) is 0 Å². The number of anilines is 1. The second-order valence-electron chi connectivity index (χ2n) is 4.97. The molecule has 8 heteroatoms. The van der Waals surface area contributed by atoms with E-state index in [2.05, 4.69) is 5.32 Å². The van der Waals surface area contributed by atoms with Gasteiger partial charge in [0.25, 0.3) is 17.3 Å². The number of hydrogen-bond acceptors (Lipinski definition) is 5. The number of carbonyl (C=O) groups is 1. The lowest BCUT2D eigenvalue weighted by Crippen LogP contribution is -2.13. The summed E-state index contributed by atoms with van der Waals surface area (Å²) in [5, 5.41) is 24.1.